The smallest absolute Gasteiger partial charge is 0.387 e. The second kappa shape index (κ2) is 9.79. The lowest BCUT2D eigenvalue weighted by Gasteiger charge is -2.10. The maximum atomic E-state index is 15.2. The van der Waals surface area contributed by atoms with Gasteiger partial charge in [0.05, 0.1) is 0 Å². The molecule has 0 radical (unpaired) electrons. The minimum Gasteiger partial charge on any atom is -0.432 e. The highest BCUT2D eigenvalue weighted by Crippen LogP contribution is 2.32. The number of rotatable bonds is 5. The van der Waals surface area contributed by atoms with E-state index in [1.807, 2.05) is 12.1 Å². The molecule has 4 aromatic carbocycles. The highest BCUT2D eigenvalue weighted by molar-refractivity contribution is 5.89. The number of ether oxygens (including phenoxy) is 1. The number of alkyl halides is 2. The van der Waals surface area contributed by atoms with E-state index in [0.717, 1.165) is 36.1 Å². The Bertz CT molecular complexity index is 1350. The van der Waals surface area contributed by atoms with Gasteiger partial charge < -0.3 is 4.74 Å². The van der Waals surface area contributed by atoms with Crippen LogP contribution >= 0.6 is 0 Å². The van der Waals surface area contributed by atoms with Crippen LogP contribution < -0.4 is 4.74 Å². The van der Waals surface area contributed by atoms with E-state index in [-0.39, 0.29) is 11.1 Å². The molecule has 0 unspecified atom stereocenters. The van der Waals surface area contributed by atoms with Gasteiger partial charge in [0.15, 0.2) is 11.6 Å². The first-order chi connectivity index (χ1) is 15.9. The van der Waals surface area contributed by atoms with E-state index in [1.165, 1.54) is 17.7 Å². The van der Waals surface area contributed by atoms with Crippen LogP contribution in [0.2, 0.25) is 0 Å². The lowest BCUT2D eigenvalue weighted by molar-refractivity contribution is -0.0521. The zero-order valence-electron chi connectivity index (χ0n) is 17.8. The Morgan fingerprint density at radius 1 is 0.818 bits per heavy atom. The van der Waals surface area contributed by atoms with E-state index < -0.39 is 24.0 Å². The maximum absolute atomic E-state index is 15.2. The highest BCUT2D eigenvalue weighted by atomic mass is 19.3. The van der Waals surface area contributed by atoms with E-state index in [0.29, 0.717) is 10.8 Å². The summed E-state index contributed by atoms with van der Waals surface area (Å²) in [4.78, 5) is 0. The molecular formula is C28H20F4O. The van der Waals surface area contributed by atoms with Crippen LogP contribution in [0.4, 0.5) is 17.6 Å². The minimum absolute atomic E-state index is 0.163. The zero-order valence-corrected chi connectivity index (χ0v) is 17.8. The van der Waals surface area contributed by atoms with Crippen molar-refractivity contribution in [1.29, 1.82) is 0 Å². The summed E-state index contributed by atoms with van der Waals surface area (Å²) in [5.74, 6) is 4.13. The Balaban J connectivity index is 1.61. The van der Waals surface area contributed by atoms with E-state index in [9.17, 15) is 13.2 Å². The van der Waals surface area contributed by atoms with Crippen LogP contribution in [0.3, 0.4) is 0 Å². The topological polar surface area (TPSA) is 9.23 Å². The molecule has 5 heteroatoms. The van der Waals surface area contributed by atoms with Crippen molar-refractivity contribution in [2.24, 2.45) is 0 Å². The van der Waals surface area contributed by atoms with Crippen molar-refractivity contribution in [2.75, 3.05) is 0 Å². The van der Waals surface area contributed by atoms with Crippen molar-refractivity contribution < 1.29 is 22.3 Å². The monoisotopic (exact) mass is 448 g/mol. The van der Waals surface area contributed by atoms with Crippen molar-refractivity contribution in [3.05, 3.63) is 101 Å². The fourth-order valence-electron chi connectivity index (χ4n) is 3.64. The molecule has 1 nitrogen and oxygen atoms in total. The minimum atomic E-state index is -3.14. The second-order valence-corrected chi connectivity index (χ2v) is 7.58. The standard InChI is InChI=1S/C28H20F4O/c1-2-3-18-4-6-19(7-5-18)8-9-20-10-13-23-21(16-20)11-14-24(27(23)30)22-12-15-26(25(29)17-22)33-28(31)32/h4-7,10-17,28H,2-3H2,1H3. The summed E-state index contributed by atoms with van der Waals surface area (Å²) in [7, 11) is 0. The third-order valence-electron chi connectivity index (χ3n) is 5.26. The van der Waals surface area contributed by atoms with E-state index >= 15 is 4.39 Å². The molecule has 166 valence electrons. The molecule has 0 saturated heterocycles. The molecule has 4 aromatic rings. The summed E-state index contributed by atoms with van der Waals surface area (Å²) in [6.07, 6.45) is 2.12. The summed E-state index contributed by atoms with van der Waals surface area (Å²) in [6.45, 7) is -1.00. The van der Waals surface area contributed by atoms with Crippen molar-refractivity contribution in [2.45, 2.75) is 26.4 Å². The van der Waals surface area contributed by atoms with Crippen LogP contribution in [0.15, 0.2) is 72.8 Å². The maximum Gasteiger partial charge on any atom is 0.387 e. The van der Waals surface area contributed by atoms with E-state index in [4.69, 9.17) is 0 Å². The average Bonchev–Trinajstić information content (AvgIpc) is 2.80. The fraction of sp³-hybridized carbons (Fsp3) is 0.143. The third-order valence-corrected chi connectivity index (χ3v) is 5.26. The Labute approximate surface area is 189 Å². The van der Waals surface area contributed by atoms with Gasteiger partial charge in [-0.2, -0.15) is 8.78 Å². The first kappa shape index (κ1) is 22.4. The first-order valence-electron chi connectivity index (χ1n) is 10.5. The fourth-order valence-corrected chi connectivity index (χ4v) is 3.64. The molecule has 0 N–H and O–H groups in total. The molecule has 4 rings (SSSR count). The number of hydrogen-bond donors (Lipinski definition) is 0. The van der Waals surface area contributed by atoms with Crippen molar-refractivity contribution in [3.8, 4) is 28.7 Å². The van der Waals surface area contributed by atoms with Gasteiger partial charge in [-0.3, -0.25) is 0 Å². The zero-order chi connectivity index (χ0) is 23.4. The van der Waals surface area contributed by atoms with Gasteiger partial charge in [0.25, 0.3) is 0 Å². The Morgan fingerprint density at radius 3 is 2.24 bits per heavy atom. The van der Waals surface area contributed by atoms with Gasteiger partial charge in [0.2, 0.25) is 0 Å². The number of fused-ring (bicyclic) bond motifs is 1. The van der Waals surface area contributed by atoms with Gasteiger partial charge in [0.1, 0.15) is 5.82 Å². The van der Waals surface area contributed by atoms with Crippen LogP contribution in [-0.2, 0) is 6.42 Å². The van der Waals surface area contributed by atoms with Gasteiger partial charge in [-0.15, -0.1) is 0 Å². The van der Waals surface area contributed by atoms with Crippen LogP contribution in [-0.4, -0.2) is 6.61 Å². The Kier molecular flexibility index (Phi) is 6.65. The molecule has 0 heterocycles. The molecule has 0 bridgehead atoms. The quantitative estimate of drug-likeness (QED) is 0.224. The predicted molar refractivity (Wildman–Crippen MR) is 122 cm³/mol. The number of halogens is 4. The summed E-state index contributed by atoms with van der Waals surface area (Å²) in [5, 5.41) is 1.01. The van der Waals surface area contributed by atoms with Crippen LogP contribution in [0.1, 0.15) is 30.0 Å². The molecule has 0 amide bonds. The predicted octanol–water partition coefficient (Wildman–Crippen LogP) is 7.74. The molecule has 0 aliphatic heterocycles. The number of benzene rings is 4. The van der Waals surface area contributed by atoms with Crippen LogP contribution in [0, 0.1) is 23.5 Å². The molecule has 0 aromatic heterocycles. The molecule has 0 saturated carbocycles. The molecule has 0 spiro atoms. The lowest BCUT2D eigenvalue weighted by Crippen LogP contribution is -2.03. The summed E-state index contributed by atoms with van der Waals surface area (Å²) < 4.78 is 58.0. The van der Waals surface area contributed by atoms with Gasteiger partial charge in [-0.05, 0) is 59.3 Å². The van der Waals surface area contributed by atoms with Crippen molar-refractivity contribution >= 4 is 10.8 Å². The van der Waals surface area contributed by atoms with E-state index in [1.54, 1.807) is 24.3 Å². The normalized spacial score (nSPS) is 10.8. The largest absolute Gasteiger partial charge is 0.432 e. The molecule has 0 atom stereocenters. The summed E-state index contributed by atoms with van der Waals surface area (Å²) in [5.41, 5.74) is 3.31. The van der Waals surface area contributed by atoms with Crippen LogP contribution in [0.25, 0.3) is 21.9 Å². The van der Waals surface area contributed by atoms with Gasteiger partial charge >= 0.3 is 6.61 Å². The second-order valence-electron chi connectivity index (χ2n) is 7.58. The van der Waals surface area contributed by atoms with Gasteiger partial charge in [0, 0.05) is 22.1 Å². The third kappa shape index (κ3) is 5.18. The molecule has 0 aliphatic carbocycles. The number of aryl methyl sites for hydroxylation is 1. The van der Waals surface area contributed by atoms with Gasteiger partial charge in [-0.25, -0.2) is 8.78 Å². The Hall–Kier alpha value is -3.78. The number of hydrogen-bond acceptors (Lipinski definition) is 1. The van der Waals surface area contributed by atoms with Crippen molar-refractivity contribution in [3.63, 3.8) is 0 Å². The highest BCUT2D eigenvalue weighted by Gasteiger charge is 2.14. The lowest BCUT2D eigenvalue weighted by atomic mass is 9.98. The summed E-state index contributed by atoms with van der Waals surface area (Å²) in [6, 6.07) is 19.9. The average molecular weight is 448 g/mol. The summed E-state index contributed by atoms with van der Waals surface area (Å²) >= 11 is 0. The van der Waals surface area contributed by atoms with E-state index in [2.05, 4.69) is 35.6 Å². The first-order valence-corrected chi connectivity index (χ1v) is 10.5. The molecular weight excluding hydrogens is 428 g/mol. The molecule has 0 fully saturated rings. The van der Waals surface area contributed by atoms with Crippen molar-refractivity contribution in [1.82, 2.24) is 0 Å². The van der Waals surface area contributed by atoms with Crippen LogP contribution in [0.5, 0.6) is 5.75 Å². The molecule has 0 aliphatic rings. The SMILES string of the molecule is CCCc1ccc(C#Cc2ccc3c(F)c(-c4ccc(OC(F)F)c(F)c4)ccc3c2)cc1. The molecule has 33 heavy (non-hydrogen) atoms. The Morgan fingerprint density at radius 2 is 1.55 bits per heavy atom. The van der Waals surface area contributed by atoms with Gasteiger partial charge in [-0.1, -0.05) is 61.6 Å².